The van der Waals surface area contributed by atoms with Gasteiger partial charge in [0.05, 0.1) is 16.1 Å². The fourth-order valence-electron chi connectivity index (χ4n) is 3.96. The van der Waals surface area contributed by atoms with Crippen LogP contribution in [0.3, 0.4) is 0 Å². The van der Waals surface area contributed by atoms with Crippen LogP contribution < -0.4 is 4.90 Å². The summed E-state index contributed by atoms with van der Waals surface area (Å²) in [5.41, 5.74) is 2.91. The van der Waals surface area contributed by atoms with E-state index >= 15 is 0 Å². The number of nitrogens with zero attached hydrogens (tertiary/aromatic N) is 2. The third-order valence-electron chi connectivity index (χ3n) is 5.88. The van der Waals surface area contributed by atoms with Crippen LogP contribution in [0.25, 0.3) is 10.9 Å². The maximum absolute atomic E-state index is 14.1. The van der Waals surface area contributed by atoms with Crippen LogP contribution in [-0.4, -0.2) is 26.5 Å². The highest BCUT2D eigenvalue weighted by Crippen LogP contribution is 2.38. The number of aryl methyl sites for hydroxylation is 2. The predicted molar refractivity (Wildman–Crippen MR) is 114 cm³/mol. The van der Waals surface area contributed by atoms with E-state index in [4.69, 9.17) is 0 Å². The van der Waals surface area contributed by atoms with Gasteiger partial charge in [0, 0.05) is 24.7 Å². The summed E-state index contributed by atoms with van der Waals surface area (Å²) in [5.74, 6) is 0.0938. The molecule has 1 aromatic heterocycles. The number of fused-ring (bicyclic) bond motifs is 1. The van der Waals surface area contributed by atoms with Crippen LogP contribution >= 0.6 is 0 Å². The molecule has 0 N–H and O–H groups in total. The van der Waals surface area contributed by atoms with Crippen LogP contribution in [0.5, 0.6) is 0 Å². The summed E-state index contributed by atoms with van der Waals surface area (Å²) in [6.07, 6.45) is 3.46. The third-order valence-corrected chi connectivity index (χ3v) is 7.63. The molecule has 4 nitrogen and oxygen atoms in total. The molecule has 0 atom stereocenters. The summed E-state index contributed by atoms with van der Waals surface area (Å²) in [4.78, 5) is 6.74. The lowest BCUT2D eigenvalue weighted by atomic mass is 9.98. The Hall–Kier alpha value is -2.47. The molecule has 1 saturated heterocycles. The van der Waals surface area contributed by atoms with E-state index in [1.807, 2.05) is 25.1 Å². The van der Waals surface area contributed by atoms with Crippen molar-refractivity contribution in [2.75, 3.05) is 18.0 Å². The first-order chi connectivity index (χ1) is 13.8. The van der Waals surface area contributed by atoms with E-state index in [1.54, 1.807) is 6.92 Å². The van der Waals surface area contributed by atoms with E-state index in [9.17, 15) is 12.8 Å². The number of aromatic nitrogens is 1. The van der Waals surface area contributed by atoms with E-state index in [0.717, 1.165) is 48.5 Å². The van der Waals surface area contributed by atoms with Crippen molar-refractivity contribution >= 4 is 26.4 Å². The summed E-state index contributed by atoms with van der Waals surface area (Å²) in [6, 6.07) is 9.90. The maximum atomic E-state index is 14.1. The Morgan fingerprint density at radius 3 is 2.48 bits per heavy atom. The van der Waals surface area contributed by atoms with E-state index < -0.39 is 15.7 Å². The Morgan fingerprint density at radius 1 is 1.07 bits per heavy atom. The SMILES string of the molecule is Cc1ccc(S(=O)(=O)c2cnc3c(C)cccc3c2N2CCC(C)CC2)cc1F. The minimum Gasteiger partial charge on any atom is -0.370 e. The van der Waals surface area contributed by atoms with Crippen LogP contribution in [0, 0.1) is 25.6 Å². The quantitative estimate of drug-likeness (QED) is 0.603. The normalized spacial score (nSPS) is 15.8. The Kier molecular flexibility index (Phi) is 5.07. The molecule has 3 aromatic rings. The van der Waals surface area contributed by atoms with Gasteiger partial charge in [0.15, 0.2) is 0 Å². The molecule has 29 heavy (non-hydrogen) atoms. The summed E-state index contributed by atoms with van der Waals surface area (Å²) < 4.78 is 41.2. The minimum absolute atomic E-state index is 0.0407. The molecule has 1 aliphatic heterocycles. The number of para-hydroxylation sites is 1. The van der Waals surface area contributed by atoms with Gasteiger partial charge in [0.1, 0.15) is 10.7 Å². The summed E-state index contributed by atoms with van der Waals surface area (Å²) >= 11 is 0. The molecule has 0 aliphatic carbocycles. The first kappa shape index (κ1) is 19.8. The molecular weight excluding hydrogens is 387 g/mol. The van der Waals surface area contributed by atoms with Crippen molar-refractivity contribution in [1.29, 1.82) is 0 Å². The summed E-state index contributed by atoms with van der Waals surface area (Å²) in [7, 11) is -3.92. The van der Waals surface area contributed by atoms with Crippen molar-refractivity contribution in [2.45, 2.75) is 43.4 Å². The number of anilines is 1. The Bertz CT molecular complexity index is 1180. The highest BCUT2D eigenvalue weighted by Gasteiger charge is 2.29. The molecule has 0 bridgehead atoms. The number of hydrogen-bond donors (Lipinski definition) is 0. The zero-order valence-electron chi connectivity index (χ0n) is 16.9. The van der Waals surface area contributed by atoms with Gasteiger partial charge >= 0.3 is 0 Å². The van der Waals surface area contributed by atoms with Gasteiger partial charge in [-0.05, 0) is 55.9 Å². The number of hydrogen-bond acceptors (Lipinski definition) is 4. The van der Waals surface area contributed by atoms with Crippen molar-refractivity contribution in [3.8, 4) is 0 Å². The third kappa shape index (κ3) is 3.50. The molecule has 0 radical (unpaired) electrons. The average molecular weight is 413 g/mol. The lowest BCUT2D eigenvalue weighted by Crippen LogP contribution is -2.34. The van der Waals surface area contributed by atoms with Gasteiger partial charge < -0.3 is 4.90 Å². The molecule has 4 rings (SSSR count). The Labute approximate surface area is 171 Å². The second-order valence-corrected chi connectivity index (χ2v) is 9.94. The van der Waals surface area contributed by atoms with Crippen molar-refractivity contribution in [1.82, 2.24) is 4.98 Å². The maximum Gasteiger partial charge on any atom is 0.210 e. The highest BCUT2D eigenvalue weighted by molar-refractivity contribution is 7.91. The van der Waals surface area contributed by atoms with E-state index in [0.29, 0.717) is 17.2 Å². The lowest BCUT2D eigenvalue weighted by Gasteiger charge is -2.34. The summed E-state index contributed by atoms with van der Waals surface area (Å²) in [5, 5.41) is 0.827. The van der Waals surface area contributed by atoms with Crippen LogP contribution in [0.4, 0.5) is 10.1 Å². The van der Waals surface area contributed by atoms with E-state index in [-0.39, 0.29) is 9.79 Å². The molecule has 0 amide bonds. The zero-order chi connectivity index (χ0) is 20.8. The van der Waals surface area contributed by atoms with Crippen molar-refractivity contribution in [3.63, 3.8) is 0 Å². The molecule has 1 aliphatic rings. The largest absolute Gasteiger partial charge is 0.370 e. The molecule has 1 fully saturated rings. The predicted octanol–water partition coefficient (Wildman–Crippen LogP) is 5.06. The van der Waals surface area contributed by atoms with E-state index in [2.05, 4.69) is 16.8 Å². The van der Waals surface area contributed by atoms with Crippen LogP contribution in [0.15, 0.2) is 52.4 Å². The van der Waals surface area contributed by atoms with Gasteiger partial charge in [-0.1, -0.05) is 31.2 Å². The van der Waals surface area contributed by atoms with Gasteiger partial charge in [0.25, 0.3) is 0 Å². The van der Waals surface area contributed by atoms with Gasteiger partial charge in [-0.2, -0.15) is 0 Å². The van der Waals surface area contributed by atoms with Crippen molar-refractivity contribution in [2.24, 2.45) is 5.92 Å². The topological polar surface area (TPSA) is 50.3 Å². The molecule has 0 unspecified atom stereocenters. The number of benzene rings is 2. The number of piperidine rings is 1. The number of sulfone groups is 1. The summed E-state index contributed by atoms with van der Waals surface area (Å²) in [6.45, 7) is 7.39. The Morgan fingerprint density at radius 2 is 1.79 bits per heavy atom. The molecular formula is C23H25FN2O2S. The van der Waals surface area contributed by atoms with Crippen molar-refractivity contribution < 1.29 is 12.8 Å². The smallest absolute Gasteiger partial charge is 0.210 e. The zero-order valence-corrected chi connectivity index (χ0v) is 17.8. The fraction of sp³-hybridized carbons (Fsp3) is 0.348. The number of pyridine rings is 1. The lowest BCUT2D eigenvalue weighted by molar-refractivity contribution is 0.437. The second kappa shape index (κ2) is 7.41. The first-order valence-electron chi connectivity index (χ1n) is 9.93. The van der Waals surface area contributed by atoms with Gasteiger partial charge in [-0.25, -0.2) is 12.8 Å². The molecule has 2 aromatic carbocycles. The monoisotopic (exact) mass is 412 g/mol. The second-order valence-electron chi connectivity index (χ2n) is 8.03. The molecule has 0 spiro atoms. The van der Waals surface area contributed by atoms with Crippen molar-refractivity contribution in [3.05, 3.63) is 59.5 Å². The average Bonchev–Trinajstić information content (AvgIpc) is 2.70. The first-order valence-corrected chi connectivity index (χ1v) is 11.4. The van der Waals surface area contributed by atoms with Gasteiger partial charge in [0.2, 0.25) is 9.84 Å². The molecule has 0 saturated carbocycles. The van der Waals surface area contributed by atoms with E-state index in [1.165, 1.54) is 18.3 Å². The van der Waals surface area contributed by atoms with Crippen LogP contribution in [-0.2, 0) is 9.84 Å². The molecule has 2 heterocycles. The van der Waals surface area contributed by atoms with Crippen LogP contribution in [0.1, 0.15) is 30.9 Å². The molecule has 152 valence electrons. The minimum atomic E-state index is -3.92. The highest BCUT2D eigenvalue weighted by atomic mass is 32.2. The molecule has 6 heteroatoms. The number of rotatable bonds is 3. The number of halogens is 1. The Balaban J connectivity index is 1.96. The standard InChI is InChI=1S/C23H25FN2O2S/c1-15-9-11-26(12-10-15)23-19-6-4-5-17(3)22(19)25-14-21(23)29(27,28)18-8-7-16(2)20(24)13-18/h4-8,13-15H,9-12H2,1-3H3. The van der Waals surface area contributed by atoms with Crippen LogP contribution in [0.2, 0.25) is 0 Å². The van der Waals surface area contributed by atoms with Gasteiger partial charge in [-0.15, -0.1) is 0 Å². The van der Waals surface area contributed by atoms with Gasteiger partial charge in [-0.3, -0.25) is 4.98 Å². The fourth-order valence-corrected chi connectivity index (χ4v) is 5.41.